The molecule has 1 aliphatic rings. The van der Waals surface area contributed by atoms with E-state index in [-0.39, 0.29) is 24.2 Å². The predicted molar refractivity (Wildman–Crippen MR) is 145 cm³/mol. The summed E-state index contributed by atoms with van der Waals surface area (Å²) in [6.07, 6.45) is 0.465. The Hall–Kier alpha value is -2.44. The van der Waals surface area contributed by atoms with Gasteiger partial charge in [-0.05, 0) is 61.4 Å². The molecule has 0 aliphatic heterocycles. The summed E-state index contributed by atoms with van der Waals surface area (Å²) in [4.78, 5) is 28.4. The van der Waals surface area contributed by atoms with Gasteiger partial charge in [-0.25, -0.2) is 0 Å². The Kier molecular flexibility index (Phi) is 8.21. The highest BCUT2D eigenvalue weighted by atomic mass is 28.4. The molecule has 0 N–H and O–H groups in total. The highest BCUT2D eigenvalue weighted by molar-refractivity contribution is 6.74. The zero-order valence-electron chi connectivity index (χ0n) is 23.1. The van der Waals surface area contributed by atoms with Crippen LogP contribution in [0, 0.1) is 11.3 Å². The average molecular weight is 511 g/mol. The van der Waals surface area contributed by atoms with Crippen LogP contribution in [0.4, 0.5) is 0 Å². The van der Waals surface area contributed by atoms with Crippen molar-refractivity contribution in [3.63, 3.8) is 0 Å². The molecule has 36 heavy (non-hydrogen) atoms. The molecule has 0 amide bonds. The third kappa shape index (κ3) is 4.54. The minimum Gasteiger partial charge on any atom is -0.465 e. The SMILES string of the molecule is CCOC(=O)C1(C(=O)OCC)C(C)[C@@H](c2ccccc2)C[C@@]1(O[Si](C)(C)C(C)(C)C)c1ccccc1. The van der Waals surface area contributed by atoms with E-state index in [2.05, 4.69) is 46.0 Å². The molecule has 2 aromatic carbocycles. The standard InChI is InChI=1S/C30H42O5Si/c1-9-33-26(31)30(27(32)34-10-2)22(3)25(23-17-13-11-14-18-23)21-29(30,24-19-15-12-16-20-24)35-36(7,8)28(4,5)6/h11-20,22,25H,9-10,21H2,1-8H3/t22?,25-,29+/m0/s1. The fourth-order valence-corrected chi connectivity index (χ4v) is 7.06. The zero-order chi connectivity index (χ0) is 26.8. The number of benzene rings is 2. The first-order valence-corrected chi connectivity index (χ1v) is 15.9. The second-order valence-corrected chi connectivity index (χ2v) is 16.0. The molecule has 5 nitrogen and oxygen atoms in total. The van der Waals surface area contributed by atoms with Crippen LogP contribution in [0.5, 0.6) is 0 Å². The maximum atomic E-state index is 14.2. The van der Waals surface area contributed by atoms with Gasteiger partial charge in [0, 0.05) is 0 Å². The molecular weight excluding hydrogens is 468 g/mol. The van der Waals surface area contributed by atoms with Crippen molar-refractivity contribution in [2.24, 2.45) is 11.3 Å². The minimum atomic E-state index is -2.53. The van der Waals surface area contributed by atoms with Crippen LogP contribution in [0.1, 0.15) is 65.0 Å². The lowest BCUT2D eigenvalue weighted by Gasteiger charge is -2.50. The molecule has 0 saturated heterocycles. The minimum absolute atomic E-state index is 0.120. The maximum Gasteiger partial charge on any atom is 0.327 e. The summed E-state index contributed by atoms with van der Waals surface area (Å²) in [6.45, 7) is 16.7. The zero-order valence-corrected chi connectivity index (χ0v) is 24.1. The summed E-state index contributed by atoms with van der Waals surface area (Å²) in [7, 11) is -2.53. The third-order valence-electron chi connectivity index (χ3n) is 8.33. The van der Waals surface area contributed by atoms with Crippen molar-refractivity contribution < 1.29 is 23.5 Å². The Morgan fingerprint density at radius 3 is 1.81 bits per heavy atom. The topological polar surface area (TPSA) is 61.8 Å². The van der Waals surface area contributed by atoms with E-state index in [9.17, 15) is 9.59 Å². The van der Waals surface area contributed by atoms with Crippen molar-refractivity contribution in [2.75, 3.05) is 13.2 Å². The Morgan fingerprint density at radius 1 is 0.889 bits per heavy atom. The van der Waals surface area contributed by atoms with Crippen LogP contribution in [-0.2, 0) is 29.1 Å². The van der Waals surface area contributed by atoms with Crippen LogP contribution < -0.4 is 0 Å². The number of carbonyl (C=O) groups is 2. The van der Waals surface area contributed by atoms with Gasteiger partial charge in [-0.2, -0.15) is 0 Å². The molecule has 0 aromatic heterocycles. The van der Waals surface area contributed by atoms with Gasteiger partial charge in [0.25, 0.3) is 0 Å². The van der Waals surface area contributed by atoms with Gasteiger partial charge in [0.2, 0.25) is 0 Å². The monoisotopic (exact) mass is 510 g/mol. The first-order valence-electron chi connectivity index (χ1n) is 13.0. The molecule has 1 saturated carbocycles. The van der Waals surface area contributed by atoms with E-state index in [0.717, 1.165) is 11.1 Å². The van der Waals surface area contributed by atoms with Crippen molar-refractivity contribution in [2.45, 2.75) is 77.6 Å². The Labute approximate surface area is 217 Å². The lowest BCUT2D eigenvalue weighted by atomic mass is 9.66. The summed E-state index contributed by atoms with van der Waals surface area (Å²) in [6, 6.07) is 19.9. The van der Waals surface area contributed by atoms with E-state index >= 15 is 0 Å². The summed E-state index contributed by atoms with van der Waals surface area (Å²) < 4.78 is 18.8. The maximum absolute atomic E-state index is 14.2. The fraction of sp³-hybridized carbons (Fsp3) is 0.533. The predicted octanol–water partition coefficient (Wildman–Crippen LogP) is 6.84. The Bertz CT molecular complexity index is 1030. The van der Waals surface area contributed by atoms with Crippen LogP contribution >= 0.6 is 0 Å². The summed E-state index contributed by atoms with van der Waals surface area (Å²) in [5, 5.41) is -0.155. The van der Waals surface area contributed by atoms with Crippen molar-refractivity contribution >= 4 is 20.3 Å². The second kappa shape index (κ2) is 10.5. The van der Waals surface area contributed by atoms with Gasteiger partial charge < -0.3 is 13.9 Å². The molecular formula is C30H42O5Si. The quantitative estimate of drug-likeness (QED) is 0.221. The smallest absolute Gasteiger partial charge is 0.327 e. The Morgan fingerprint density at radius 2 is 1.36 bits per heavy atom. The third-order valence-corrected chi connectivity index (χ3v) is 12.8. The molecule has 2 aromatic rings. The molecule has 1 unspecified atom stereocenters. The highest BCUT2D eigenvalue weighted by Crippen LogP contribution is 2.66. The normalized spacial score (nSPS) is 23.8. The van der Waals surface area contributed by atoms with E-state index in [1.54, 1.807) is 13.8 Å². The molecule has 196 valence electrons. The molecule has 0 heterocycles. The van der Waals surface area contributed by atoms with Crippen molar-refractivity contribution in [1.29, 1.82) is 0 Å². The largest absolute Gasteiger partial charge is 0.465 e. The molecule has 3 atom stereocenters. The van der Waals surface area contributed by atoms with Crippen molar-refractivity contribution in [1.82, 2.24) is 0 Å². The number of esters is 2. The van der Waals surface area contributed by atoms with E-state index in [4.69, 9.17) is 13.9 Å². The molecule has 0 spiro atoms. The van der Waals surface area contributed by atoms with Gasteiger partial charge in [0.15, 0.2) is 13.7 Å². The van der Waals surface area contributed by atoms with Gasteiger partial charge in [-0.3, -0.25) is 9.59 Å². The van der Waals surface area contributed by atoms with Gasteiger partial charge in [0.05, 0.1) is 13.2 Å². The number of ether oxygens (including phenoxy) is 2. The first kappa shape index (κ1) is 28.1. The second-order valence-electron chi connectivity index (χ2n) is 11.3. The van der Waals surface area contributed by atoms with Crippen LogP contribution in [0.15, 0.2) is 60.7 Å². The van der Waals surface area contributed by atoms with Crippen LogP contribution in [0.3, 0.4) is 0 Å². The fourth-order valence-electron chi connectivity index (χ4n) is 5.52. The first-order chi connectivity index (χ1) is 16.9. The number of hydrogen-bond donors (Lipinski definition) is 0. The molecule has 0 bridgehead atoms. The van der Waals surface area contributed by atoms with E-state index in [0.29, 0.717) is 6.42 Å². The lowest BCUT2D eigenvalue weighted by molar-refractivity contribution is -0.193. The summed E-state index contributed by atoms with van der Waals surface area (Å²) in [5.74, 6) is -1.69. The van der Waals surface area contributed by atoms with E-state index in [1.807, 2.05) is 55.5 Å². The Balaban J connectivity index is 2.44. The van der Waals surface area contributed by atoms with Gasteiger partial charge in [-0.1, -0.05) is 88.4 Å². The van der Waals surface area contributed by atoms with Crippen molar-refractivity contribution in [3.05, 3.63) is 71.8 Å². The van der Waals surface area contributed by atoms with Gasteiger partial charge >= 0.3 is 11.9 Å². The van der Waals surface area contributed by atoms with Gasteiger partial charge in [-0.15, -0.1) is 0 Å². The van der Waals surface area contributed by atoms with Gasteiger partial charge in [0.1, 0.15) is 5.60 Å². The molecule has 3 rings (SSSR count). The average Bonchev–Trinajstić information content (AvgIpc) is 3.09. The summed E-state index contributed by atoms with van der Waals surface area (Å²) >= 11 is 0. The van der Waals surface area contributed by atoms with Crippen molar-refractivity contribution in [3.8, 4) is 0 Å². The lowest BCUT2D eigenvalue weighted by Crippen LogP contribution is -2.62. The summed E-state index contributed by atoms with van der Waals surface area (Å²) in [5.41, 5.74) is -1.05. The van der Waals surface area contributed by atoms with E-state index < -0.39 is 37.2 Å². The molecule has 1 aliphatic carbocycles. The van der Waals surface area contributed by atoms with Crippen LogP contribution in [-0.4, -0.2) is 33.5 Å². The molecule has 1 fully saturated rings. The molecule has 0 radical (unpaired) electrons. The number of carbonyl (C=O) groups excluding carboxylic acids is 2. The number of hydrogen-bond acceptors (Lipinski definition) is 5. The van der Waals surface area contributed by atoms with Crippen LogP contribution in [0.2, 0.25) is 18.1 Å². The highest BCUT2D eigenvalue weighted by Gasteiger charge is 2.75. The van der Waals surface area contributed by atoms with E-state index in [1.165, 1.54) is 0 Å². The number of rotatable bonds is 8. The van der Waals surface area contributed by atoms with Crippen LogP contribution in [0.25, 0.3) is 0 Å². The molecule has 6 heteroatoms.